The van der Waals surface area contributed by atoms with Crippen LogP contribution in [0.15, 0.2) is 66.9 Å². The first-order chi connectivity index (χ1) is 22.1. The summed E-state index contributed by atoms with van der Waals surface area (Å²) in [7, 11) is 1.89. The van der Waals surface area contributed by atoms with Gasteiger partial charge in [-0.2, -0.15) is 0 Å². The Kier molecular flexibility index (Phi) is 11.5. The second-order valence-corrected chi connectivity index (χ2v) is 11.2. The number of hydrogen-bond donors (Lipinski definition) is 4. The molecule has 0 unspecified atom stereocenters. The van der Waals surface area contributed by atoms with Crippen LogP contribution in [0, 0.1) is 5.41 Å². The molecule has 0 saturated carbocycles. The lowest BCUT2D eigenvalue weighted by molar-refractivity contribution is -0.143. The molecule has 13 nitrogen and oxygen atoms in total. The van der Waals surface area contributed by atoms with Crippen LogP contribution < -0.4 is 15.5 Å². The number of aliphatic carboxylic acids is 1. The monoisotopic (exact) mass is 645 g/mol. The molecular formula is C32H35N7O6S. The van der Waals surface area contributed by atoms with E-state index in [0.717, 1.165) is 28.8 Å². The van der Waals surface area contributed by atoms with Gasteiger partial charge < -0.3 is 25.0 Å². The highest BCUT2D eigenvalue weighted by atomic mass is 32.2. The normalized spacial score (nSPS) is 11.5. The summed E-state index contributed by atoms with van der Waals surface area (Å²) >= 11 is 1.04. The number of esters is 1. The van der Waals surface area contributed by atoms with Gasteiger partial charge in [0.05, 0.1) is 35.6 Å². The Morgan fingerprint density at radius 1 is 1.09 bits per heavy atom. The molecule has 2 amide bonds. The molecule has 46 heavy (non-hydrogen) atoms. The number of nitrogens with zero attached hydrogens (tertiary/aromatic N) is 4. The van der Waals surface area contributed by atoms with Gasteiger partial charge in [-0.25, -0.2) is 14.8 Å². The molecule has 0 saturated heterocycles. The molecule has 240 valence electrons. The number of thioether (sulfide) groups is 1. The number of carboxylic acids is 1. The van der Waals surface area contributed by atoms with E-state index in [-0.39, 0.29) is 36.3 Å². The van der Waals surface area contributed by atoms with Crippen LogP contribution in [0.5, 0.6) is 0 Å². The van der Waals surface area contributed by atoms with Crippen LogP contribution in [0.25, 0.3) is 11.0 Å². The molecule has 1 atom stereocenters. The summed E-state index contributed by atoms with van der Waals surface area (Å²) in [5.74, 6) is -1.12. The van der Waals surface area contributed by atoms with Crippen molar-refractivity contribution >= 4 is 63.1 Å². The topological polar surface area (TPSA) is 180 Å². The number of carbonyl (C=O) groups excluding carboxylic acids is 3. The number of hydrogen-bond acceptors (Lipinski definition) is 10. The first kappa shape index (κ1) is 33.6. The maximum Gasteiger partial charge on any atom is 0.327 e. The quantitative estimate of drug-likeness (QED) is 0.0895. The zero-order valence-electron chi connectivity index (χ0n) is 25.6. The lowest BCUT2D eigenvalue weighted by Gasteiger charge is -2.21. The number of aromatic nitrogens is 3. The zero-order chi connectivity index (χ0) is 33.2. The Bertz CT molecular complexity index is 1730. The first-order valence-electron chi connectivity index (χ1n) is 14.5. The van der Waals surface area contributed by atoms with Crippen molar-refractivity contribution in [1.29, 1.82) is 5.41 Å². The van der Waals surface area contributed by atoms with Gasteiger partial charge in [0.1, 0.15) is 17.7 Å². The van der Waals surface area contributed by atoms with Crippen LogP contribution in [-0.2, 0) is 32.7 Å². The van der Waals surface area contributed by atoms with Gasteiger partial charge in [0, 0.05) is 49.3 Å². The molecule has 0 aliphatic rings. The molecule has 2 aromatic heterocycles. The van der Waals surface area contributed by atoms with E-state index >= 15 is 0 Å². The molecule has 4 N–H and O–H groups in total. The van der Waals surface area contributed by atoms with Crippen LogP contribution in [-0.4, -0.2) is 73.4 Å². The smallest absolute Gasteiger partial charge is 0.327 e. The second-order valence-electron chi connectivity index (χ2n) is 10.2. The van der Waals surface area contributed by atoms with Crippen molar-refractivity contribution in [3.8, 4) is 0 Å². The van der Waals surface area contributed by atoms with Crippen molar-refractivity contribution in [1.82, 2.24) is 19.9 Å². The van der Waals surface area contributed by atoms with E-state index in [1.807, 2.05) is 29.8 Å². The third-order valence-electron chi connectivity index (χ3n) is 6.90. The Morgan fingerprint density at radius 3 is 2.48 bits per heavy atom. The Labute approximate surface area is 269 Å². The largest absolute Gasteiger partial charge is 0.480 e. The predicted molar refractivity (Wildman–Crippen MR) is 176 cm³/mol. The van der Waals surface area contributed by atoms with Crippen LogP contribution in [0.2, 0.25) is 0 Å². The predicted octanol–water partition coefficient (Wildman–Crippen LogP) is 3.83. The number of fused-ring (bicyclic) bond motifs is 1. The molecule has 0 spiro atoms. The van der Waals surface area contributed by atoms with E-state index in [1.54, 1.807) is 55.6 Å². The highest BCUT2D eigenvalue weighted by Gasteiger charge is 2.22. The number of pyridine rings is 1. The molecule has 4 rings (SSSR count). The lowest BCUT2D eigenvalue weighted by atomic mass is 10.1. The van der Waals surface area contributed by atoms with Gasteiger partial charge >= 0.3 is 11.9 Å². The molecule has 0 radical (unpaired) electrons. The van der Waals surface area contributed by atoms with E-state index in [9.17, 15) is 24.3 Å². The summed E-state index contributed by atoms with van der Waals surface area (Å²) in [5, 5.41) is 23.4. The fraction of sp³-hybridized carbons (Fsp3) is 0.281. The zero-order valence-corrected chi connectivity index (χ0v) is 26.5. The van der Waals surface area contributed by atoms with Crippen LogP contribution >= 0.6 is 11.8 Å². The number of benzene rings is 2. The number of rotatable bonds is 14. The molecule has 0 fully saturated rings. The summed E-state index contributed by atoms with van der Waals surface area (Å²) in [6.07, 6.45) is 1.62. The number of carbonyl (C=O) groups is 4. The summed E-state index contributed by atoms with van der Waals surface area (Å²) in [4.78, 5) is 58.7. The van der Waals surface area contributed by atoms with Gasteiger partial charge in [-0.3, -0.25) is 24.7 Å². The minimum atomic E-state index is -1.16. The minimum absolute atomic E-state index is 0.0303. The van der Waals surface area contributed by atoms with Gasteiger partial charge in [-0.15, -0.1) is 11.8 Å². The maximum absolute atomic E-state index is 13.6. The number of anilines is 2. The summed E-state index contributed by atoms with van der Waals surface area (Å²) in [5.41, 5.74) is 3.28. The number of aryl methyl sites for hydroxylation is 1. The molecule has 0 aliphatic carbocycles. The van der Waals surface area contributed by atoms with Crippen molar-refractivity contribution in [3.63, 3.8) is 0 Å². The van der Waals surface area contributed by atoms with Crippen LogP contribution in [0.3, 0.4) is 0 Å². The van der Waals surface area contributed by atoms with Gasteiger partial charge in [-0.05, 0) is 49.4 Å². The highest BCUT2D eigenvalue weighted by Crippen LogP contribution is 2.22. The van der Waals surface area contributed by atoms with E-state index in [1.165, 1.54) is 11.8 Å². The number of imidazole rings is 1. The second kappa shape index (κ2) is 15.7. The maximum atomic E-state index is 13.6. The van der Waals surface area contributed by atoms with E-state index in [0.29, 0.717) is 29.0 Å². The minimum Gasteiger partial charge on any atom is -0.480 e. The molecular weight excluding hydrogens is 610 g/mol. The van der Waals surface area contributed by atoms with E-state index in [2.05, 4.69) is 15.6 Å². The average Bonchev–Trinajstić information content (AvgIpc) is 3.36. The van der Waals surface area contributed by atoms with Crippen LogP contribution in [0.4, 0.5) is 11.5 Å². The van der Waals surface area contributed by atoms with Gasteiger partial charge in [0.15, 0.2) is 0 Å². The summed E-state index contributed by atoms with van der Waals surface area (Å²) in [6, 6.07) is 16.6. The van der Waals surface area contributed by atoms with Gasteiger partial charge in [0.25, 0.3) is 5.91 Å². The average molecular weight is 646 g/mol. The third-order valence-corrected chi connectivity index (χ3v) is 7.93. The molecule has 4 aromatic rings. The number of nitrogens with one attached hydrogen (secondary N) is 3. The van der Waals surface area contributed by atoms with E-state index in [4.69, 9.17) is 15.1 Å². The van der Waals surface area contributed by atoms with Crippen molar-refractivity contribution in [2.24, 2.45) is 7.05 Å². The number of amides is 2. The highest BCUT2D eigenvalue weighted by molar-refractivity contribution is 8.14. The summed E-state index contributed by atoms with van der Waals surface area (Å²) < 4.78 is 6.97. The van der Waals surface area contributed by atoms with Gasteiger partial charge in [0.2, 0.25) is 5.91 Å². The first-order valence-corrected chi connectivity index (χ1v) is 15.4. The molecule has 0 bridgehead atoms. The van der Waals surface area contributed by atoms with E-state index < -0.39 is 23.9 Å². The Balaban J connectivity index is 1.42. The van der Waals surface area contributed by atoms with Crippen molar-refractivity contribution in [2.45, 2.75) is 32.9 Å². The Morgan fingerprint density at radius 2 is 1.83 bits per heavy atom. The van der Waals surface area contributed by atoms with Crippen molar-refractivity contribution < 1.29 is 29.0 Å². The fourth-order valence-corrected chi connectivity index (χ4v) is 5.42. The third kappa shape index (κ3) is 8.69. The van der Waals surface area contributed by atoms with Crippen molar-refractivity contribution in [2.75, 3.05) is 29.1 Å². The SMILES string of the molecule is CCOC(=O)CCN(C(=O)c1ccc2c(c1)nc(CNc1ccc(C(=N)SC[C@@H](NC(C)=O)C(=O)O)cc1)n2C)c1ccccn1. The fourth-order valence-electron chi connectivity index (χ4n) is 4.56. The number of carboxylic acid groups (broad SMARTS) is 1. The molecule has 2 aromatic carbocycles. The molecule has 2 heterocycles. The van der Waals surface area contributed by atoms with Gasteiger partial charge in [-0.1, -0.05) is 18.2 Å². The van der Waals surface area contributed by atoms with Crippen LogP contribution in [0.1, 0.15) is 42.0 Å². The molecule has 0 aliphatic heterocycles. The van der Waals surface area contributed by atoms with Crippen molar-refractivity contribution in [3.05, 3.63) is 83.8 Å². The number of ether oxygens (including phenoxy) is 1. The lowest BCUT2D eigenvalue weighted by Crippen LogP contribution is -2.41. The molecule has 14 heteroatoms. The standard InChI is InChI=1S/C32H35N7O6S/c1-4-45-29(41)14-16-39(27-7-5-6-15-34-27)31(42)22-10-13-26-24(17-22)37-28(38(26)3)18-35-23-11-8-21(9-12-23)30(33)46-19-25(32(43)44)36-20(2)40/h5-13,15,17,25,33,35H,4,14,16,18-19H2,1-3H3,(H,36,40)(H,43,44)/t25-/m1/s1. The Hall–Kier alpha value is -5.24. The summed E-state index contributed by atoms with van der Waals surface area (Å²) in [6.45, 7) is 3.74.